The summed E-state index contributed by atoms with van der Waals surface area (Å²) in [7, 11) is 0. The Morgan fingerprint density at radius 2 is 2.67 bits per heavy atom. The summed E-state index contributed by atoms with van der Waals surface area (Å²) in [6.45, 7) is 3.58. The predicted octanol–water partition coefficient (Wildman–Crippen LogP) is 0.895. The monoisotopic (exact) mass is 120 g/mol. The van der Waals surface area contributed by atoms with E-state index in [-0.39, 0.29) is 0 Å². The molecule has 1 aliphatic heterocycles. The van der Waals surface area contributed by atoms with Gasteiger partial charge in [0.15, 0.2) is 0 Å². The molecule has 9 heavy (non-hydrogen) atoms. The van der Waals surface area contributed by atoms with Crippen LogP contribution < -0.4 is 4.99 Å². The normalized spacial score (nSPS) is 15.3. The molecule has 0 aliphatic carbocycles. The fourth-order valence-electron chi connectivity index (χ4n) is 0.564. The molecule has 0 atom stereocenters. The van der Waals surface area contributed by atoms with Gasteiger partial charge >= 0.3 is 5.84 Å². The van der Waals surface area contributed by atoms with Gasteiger partial charge in [-0.25, -0.2) is 0 Å². The Morgan fingerprint density at radius 3 is 3.22 bits per heavy atom. The average Bonchev–Trinajstić information content (AvgIpc) is 1.91. The lowest BCUT2D eigenvalue weighted by Crippen LogP contribution is -2.02. The van der Waals surface area contributed by atoms with E-state index in [4.69, 9.17) is 0 Å². The fourth-order valence-corrected chi connectivity index (χ4v) is 0.564. The van der Waals surface area contributed by atoms with Crippen molar-refractivity contribution in [2.45, 2.75) is 6.42 Å². The van der Waals surface area contributed by atoms with E-state index in [1.54, 1.807) is 24.6 Å². The van der Waals surface area contributed by atoms with E-state index in [1.165, 1.54) is 0 Å². The van der Waals surface area contributed by atoms with Crippen LogP contribution in [0.4, 0.5) is 0 Å². The lowest BCUT2D eigenvalue weighted by atomic mass is 10.4. The molecule has 0 bridgehead atoms. The largest absolute Gasteiger partial charge is 0.342 e. The van der Waals surface area contributed by atoms with Gasteiger partial charge in [-0.15, -0.1) is 6.58 Å². The van der Waals surface area contributed by atoms with Crippen LogP contribution in [0.1, 0.15) is 6.42 Å². The van der Waals surface area contributed by atoms with Crippen LogP contribution in [0.5, 0.6) is 0 Å². The molecule has 0 aromatic heterocycles. The summed E-state index contributed by atoms with van der Waals surface area (Å²) in [6.07, 6.45) is 7.79. The minimum atomic E-state index is 0.751. The lowest BCUT2D eigenvalue weighted by molar-refractivity contribution is 1.26. The minimum Gasteiger partial charge on any atom is -0.102 e. The molecule has 1 radical (unpaired) electrons. The molecule has 0 N–H and O–H groups in total. The van der Waals surface area contributed by atoms with Crippen molar-refractivity contribution in [3.05, 3.63) is 24.9 Å². The lowest BCUT2D eigenvalue weighted by Gasteiger charge is -1.80. The van der Waals surface area contributed by atoms with E-state index in [0.717, 1.165) is 12.3 Å². The van der Waals surface area contributed by atoms with E-state index >= 15 is 0 Å². The van der Waals surface area contributed by atoms with Crippen molar-refractivity contribution in [2.75, 3.05) is 0 Å². The third-order valence-electron chi connectivity index (χ3n) is 0.946. The Labute approximate surface area is 54.3 Å². The van der Waals surface area contributed by atoms with Crippen LogP contribution >= 0.6 is 0 Å². The highest BCUT2D eigenvalue weighted by Crippen LogP contribution is 1.87. The second kappa shape index (κ2) is 2.97. The summed E-state index contributed by atoms with van der Waals surface area (Å²) < 4.78 is 0. The molecule has 1 heterocycles. The number of amidine groups is 1. The number of hydrogen-bond acceptors (Lipinski definition) is 2. The Balaban J connectivity index is 2.60. The van der Waals surface area contributed by atoms with E-state index in [9.17, 15) is 0 Å². The summed E-state index contributed by atoms with van der Waals surface area (Å²) in [6, 6.07) is 0. The van der Waals surface area contributed by atoms with E-state index in [2.05, 4.69) is 16.6 Å². The summed E-state index contributed by atoms with van der Waals surface area (Å²) in [5.74, 6) is 0.826. The molecule has 0 fully saturated rings. The van der Waals surface area contributed by atoms with Gasteiger partial charge in [-0.1, -0.05) is 6.08 Å². The third kappa shape index (κ3) is 1.64. The molecule has 45 valence electrons. The third-order valence-corrected chi connectivity index (χ3v) is 0.946. The van der Waals surface area contributed by atoms with Gasteiger partial charge in [0.2, 0.25) is 0 Å². The van der Waals surface area contributed by atoms with E-state index in [1.807, 2.05) is 0 Å². The van der Waals surface area contributed by atoms with E-state index in [0.29, 0.717) is 0 Å². The van der Waals surface area contributed by atoms with Crippen molar-refractivity contribution in [3.63, 3.8) is 0 Å². The zero-order valence-electron chi connectivity index (χ0n) is 5.12. The highest BCUT2D eigenvalue weighted by Gasteiger charge is 2.04. The number of hydrogen-bond donors (Lipinski definition) is 0. The molecule has 2 nitrogen and oxygen atoms in total. The molecule has 1 rings (SSSR count). The van der Waals surface area contributed by atoms with Crippen LogP contribution in [0.2, 0.25) is 0 Å². The number of rotatable bonds is 2. The van der Waals surface area contributed by atoms with Gasteiger partial charge in [-0.3, -0.25) is 0 Å². The SMILES string of the molecule is C=CCC1=[N+]C=CC=N1. The zero-order chi connectivity index (χ0) is 6.53. The van der Waals surface area contributed by atoms with Crippen LogP contribution in [-0.4, -0.2) is 12.1 Å². The molecule has 2 heteroatoms. The summed E-state index contributed by atoms with van der Waals surface area (Å²) in [5, 5.41) is 0. The molecule has 0 saturated carbocycles. The van der Waals surface area contributed by atoms with Crippen molar-refractivity contribution in [1.82, 2.24) is 4.99 Å². The smallest absolute Gasteiger partial charge is 0.102 e. The second-order valence-electron chi connectivity index (χ2n) is 1.66. The van der Waals surface area contributed by atoms with Crippen molar-refractivity contribution in [1.29, 1.82) is 0 Å². The molecular weight excluding hydrogens is 112 g/mol. The maximum Gasteiger partial charge on any atom is 0.342 e. The first kappa shape index (κ1) is 5.95. The highest BCUT2D eigenvalue weighted by atomic mass is 14.9. The Bertz CT molecular complexity index is 187. The highest BCUT2D eigenvalue weighted by molar-refractivity contribution is 5.94. The summed E-state index contributed by atoms with van der Waals surface area (Å²) >= 11 is 0. The Hall–Kier alpha value is -1.18. The minimum absolute atomic E-state index is 0.751. The fraction of sp³-hybridized carbons (Fsp3) is 0.143. The van der Waals surface area contributed by atoms with Crippen LogP contribution in [0, 0.1) is 0 Å². The molecule has 0 aromatic carbocycles. The van der Waals surface area contributed by atoms with Gasteiger partial charge < -0.3 is 0 Å². The van der Waals surface area contributed by atoms with Crippen LogP contribution in [0.3, 0.4) is 0 Å². The predicted molar refractivity (Wildman–Crippen MR) is 39.6 cm³/mol. The van der Waals surface area contributed by atoms with Gasteiger partial charge in [0.1, 0.15) is 12.4 Å². The van der Waals surface area contributed by atoms with Crippen LogP contribution in [0.25, 0.3) is 0 Å². The zero-order valence-corrected chi connectivity index (χ0v) is 5.12. The quantitative estimate of drug-likeness (QED) is 0.484. The molecule has 0 saturated heterocycles. The van der Waals surface area contributed by atoms with Crippen LogP contribution in [-0.2, 0) is 0 Å². The van der Waals surface area contributed by atoms with Crippen molar-refractivity contribution < 1.29 is 0 Å². The number of aliphatic imine (C=N–C) groups is 2. The summed E-state index contributed by atoms with van der Waals surface area (Å²) in [4.78, 5) is 7.97. The maximum absolute atomic E-state index is 3.99. The number of nitrogens with zero attached hydrogens (tertiary/aromatic N) is 2. The maximum atomic E-state index is 3.99. The molecular formula is C7H8N2+. The molecule has 0 spiro atoms. The second-order valence-corrected chi connectivity index (χ2v) is 1.66. The van der Waals surface area contributed by atoms with Crippen molar-refractivity contribution in [3.8, 4) is 0 Å². The Kier molecular flexibility index (Phi) is 1.96. The topological polar surface area (TPSA) is 26.5 Å². The molecule has 0 unspecified atom stereocenters. The molecule has 0 amide bonds. The van der Waals surface area contributed by atoms with Crippen LogP contribution in [0.15, 0.2) is 29.9 Å². The average molecular weight is 120 g/mol. The van der Waals surface area contributed by atoms with E-state index < -0.39 is 0 Å². The Morgan fingerprint density at radius 1 is 1.78 bits per heavy atom. The van der Waals surface area contributed by atoms with Gasteiger partial charge in [0.25, 0.3) is 0 Å². The van der Waals surface area contributed by atoms with Crippen molar-refractivity contribution in [2.24, 2.45) is 4.99 Å². The van der Waals surface area contributed by atoms with Crippen molar-refractivity contribution >= 4 is 12.1 Å². The van der Waals surface area contributed by atoms with Gasteiger partial charge in [-0.05, 0) is 9.98 Å². The van der Waals surface area contributed by atoms with Gasteiger partial charge in [0, 0.05) is 6.08 Å². The molecule has 1 aliphatic rings. The first-order valence-electron chi connectivity index (χ1n) is 2.80. The number of allylic oxidation sites excluding steroid dienone is 1. The first-order valence-corrected chi connectivity index (χ1v) is 2.80. The summed E-state index contributed by atoms with van der Waals surface area (Å²) in [5.41, 5.74) is 0. The first-order chi connectivity index (χ1) is 4.43. The standard InChI is InChI=1S/C7H8N2/c1-2-4-7-8-5-3-6-9-7/h2-3,5-6H,1,4H2/q+1. The van der Waals surface area contributed by atoms with Gasteiger partial charge in [0.05, 0.1) is 6.42 Å². The molecule has 0 aromatic rings. The van der Waals surface area contributed by atoms with Gasteiger partial charge in [-0.2, -0.15) is 0 Å².